The van der Waals surface area contributed by atoms with Crippen LogP contribution >= 0.6 is 11.8 Å². The van der Waals surface area contributed by atoms with Crippen LogP contribution in [0.2, 0.25) is 0 Å². The Hall–Kier alpha value is -2.36. The van der Waals surface area contributed by atoms with Crippen LogP contribution in [0.4, 0.5) is 0 Å². The number of sulfonamides is 1. The fraction of sp³-hybridized carbons (Fsp3) is 0.391. The zero-order chi connectivity index (χ0) is 23.6. The van der Waals surface area contributed by atoms with Crippen molar-refractivity contribution in [1.29, 1.82) is 0 Å². The molecule has 0 radical (unpaired) electrons. The van der Waals surface area contributed by atoms with E-state index < -0.39 is 28.5 Å². The highest BCUT2D eigenvalue weighted by atomic mass is 32.2. The van der Waals surface area contributed by atoms with E-state index in [2.05, 4.69) is 5.32 Å². The molecule has 2 rings (SSSR count). The van der Waals surface area contributed by atoms with Crippen molar-refractivity contribution in [3.05, 3.63) is 59.7 Å². The second kappa shape index (κ2) is 12.6. The third kappa shape index (κ3) is 7.36. The van der Waals surface area contributed by atoms with E-state index in [9.17, 15) is 18.0 Å². The number of hydrogen-bond donors (Lipinski definition) is 1. The predicted octanol–water partition coefficient (Wildman–Crippen LogP) is 3.48. The number of nitrogens with one attached hydrogen (secondary N) is 1. The lowest BCUT2D eigenvalue weighted by atomic mass is 10.1. The van der Waals surface area contributed by atoms with E-state index in [1.54, 1.807) is 38.6 Å². The van der Waals surface area contributed by atoms with Crippen LogP contribution in [0, 0.1) is 6.92 Å². The van der Waals surface area contributed by atoms with Gasteiger partial charge in [-0.1, -0.05) is 38.1 Å². The van der Waals surface area contributed by atoms with Crippen molar-refractivity contribution in [2.45, 2.75) is 37.0 Å². The number of thioether (sulfide) groups is 1. The Kier molecular flexibility index (Phi) is 10.2. The van der Waals surface area contributed by atoms with Crippen LogP contribution < -0.4 is 5.32 Å². The summed E-state index contributed by atoms with van der Waals surface area (Å²) in [7, 11) is -3.70. The molecule has 2 aromatic carbocycles. The Balaban J connectivity index is 1.85. The first kappa shape index (κ1) is 25.9. The summed E-state index contributed by atoms with van der Waals surface area (Å²) < 4.78 is 31.9. The summed E-state index contributed by atoms with van der Waals surface area (Å²) in [4.78, 5) is 25.7. The number of hydrogen-bond acceptors (Lipinski definition) is 6. The van der Waals surface area contributed by atoms with E-state index >= 15 is 0 Å². The molecule has 0 bridgehead atoms. The molecule has 0 aliphatic rings. The van der Waals surface area contributed by atoms with Gasteiger partial charge in [-0.2, -0.15) is 4.31 Å². The molecule has 0 aromatic heterocycles. The maximum Gasteiger partial charge on any atom is 0.338 e. The van der Waals surface area contributed by atoms with Gasteiger partial charge in [-0.05, 0) is 48.9 Å². The third-order valence-electron chi connectivity index (χ3n) is 4.76. The van der Waals surface area contributed by atoms with Crippen LogP contribution in [0.5, 0.6) is 0 Å². The number of aryl methyl sites for hydroxylation is 1. The standard InChI is InChI=1S/C23H30N2O5S2/c1-4-25(5-2)32(28,29)20-13-12-18(3)21(16-20)23(27)30-17-22(26)24-14-9-15-31-19-10-7-6-8-11-19/h6-8,10-13,16H,4-5,9,14-15,17H2,1-3H3,(H,24,26). The highest BCUT2D eigenvalue weighted by Crippen LogP contribution is 2.20. The molecule has 0 saturated heterocycles. The lowest BCUT2D eigenvalue weighted by Gasteiger charge is -2.19. The molecule has 2 aromatic rings. The number of benzene rings is 2. The molecule has 0 saturated carbocycles. The van der Waals surface area contributed by atoms with Crippen LogP contribution in [0.15, 0.2) is 58.3 Å². The van der Waals surface area contributed by atoms with Gasteiger partial charge in [-0.25, -0.2) is 13.2 Å². The molecule has 0 fully saturated rings. The second-order valence-electron chi connectivity index (χ2n) is 7.01. The SMILES string of the molecule is CCN(CC)S(=O)(=O)c1ccc(C)c(C(=O)OCC(=O)NCCCSc2ccccc2)c1. The molecule has 0 aliphatic carbocycles. The molecule has 0 unspecified atom stereocenters. The van der Waals surface area contributed by atoms with Gasteiger partial charge in [0.15, 0.2) is 6.61 Å². The van der Waals surface area contributed by atoms with Crippen molar-refractivity contribution in [3.8, 4) is 0 Å². The van der Waals surface area contributed by atoms with E-state index in [0.717, 1.165) is 12.2 Å². The van der Waals surface area contributed by atoms with Crippen molar-refractivity contribution >= 4 is 33.7 Å². The Morgan fingerprint density at radius 2 is 1.75 bits per heavy atom. The summed E-state index contributed by atoms with van der Waals surface area (Å²) in [5, 5.41) is 2.72. The van der Waals surface area contributed by atoms with Crippen LogP contribution in [0.3, 0.4) is 0 Å². The molecule has 174 valence electrons. The van der Waals surface area contributed by atoms with E-state index in [0.29, 0.717) is 25.2 Å². The summed E-state index contributed by atoms with van der Waals surface area (Å²) >= 11 is 1.71. The van der Waals surface area contributed by atoms with E-state index in [1.165, 1.54) is 21.3 Å². The normalized spacial score (nSPS) is 11.4. The monoisotopic (exact) mass is 478 g/mol. The Morgan fingerprint density at radius 3 is 2.41 bits per heavy atom. The molecular weight excluding hydrogens is 448 g/mol. The maximum atomic E-state index is 12.7. The number of ether oxygens (including phenoxy) is 1. The van der Waals surface area contributed by atoms with Crippen molar-refractivity contribution in [2.75, 3.05) is 32.0 Å². The largest absolute Gasteiger partial charge is 0.452 e. The van der Waals surface area contributed by atoms with Gasteiger partial charge < -0.3 is 10.1 Å². The first-order valence-corrected chi connectivity index (χ1v) is 12.9. The smallest absolute Gasteiger partial charge is 0.338 e. The number of esters is 1. The molecule has 0 heterocycles. The first-order chi connectivity index (χ1) is 15.3. The minimum absolute atomic E-state index is 0.0270. The second-order valence-corrected chi connectivity index (χ2v) is 10.1. The first-order valence-electron chi connectivity index (χ1n) is 10.5. The van der Waals surface area contributed by atoms with Crippen molar-refractivity contribution in [3.63, 3.8) is 0 Å². The van der Waals surface area contributed by atoms with Crippen LogP contribution in [-0.2, 0) is 19.6 Å². The number of nitrogens with zero attached hydrogens (tertiary/aromatic N) is 1. The Bertz CT molecular complexity index is 1010. The maximum absolute atomic E-state index is 12.7. The quantitative estimate of drug-likeness (QED) is 0.285. The highest BCUT2D eigenvalue weighted by Gasteiger charge is 2.24. The number of rotatable bonds is 12. The molecule has 0 aliphatic heterocycles. The average molecular weight is 479 g/mol. The van der Waals surface area contributed by atoms with Gasteiger partial charge >= 0.3 is 5.97 Å². The van der Waals surface area contributed by atoms with Gasteiger partial charge in [0.25, 0.3) is 5.91 Å². The van der Waals surface area contributed by atoms with Crippen molar-refractivity contribution in [2.24, 2.45) is 0 Å². The van der Waals surface area contributed by atoms with Gasteiger partial charge in [-0.15, -0.1) is 11.8 Å². The fourth-order valence-electron chi connectivity index (χ4n) is 2.96. The van der Waals surface area contributed by atoms with Crippen LogP contribution in [0.1, 0.15) is 36.2 Å². The van der Waals surface area contributed by atoms with Crippen molar-refractivity contribution < 1.29 is 22.7 Å². The van der Waals surface area contributed by atoms with Gasteiger partial charge in [0.05, 0.1) is 10.5 Å². The Morgan fingerprint density at radius 1 is 1.06 bits per heavy atom. The van der Waals surface area contributed by atoms with E-state index in [-0.39, 0.29) is 10.5 Å². The van der Waals surface area contributed by atoms with Gasteiger partial charge in [0.2, 0.25) is 10.0 Å². The minimum atomic E-state index is -3.70. The number of carbonyl (C=O) groups excluding carboxylic acids is 2. The summed E-state index contributed by atoms with van der Waals surface area (Å²) in [5.74, 6) is -0.265. The lowest BCUT2D eigenvalue weighted by Crippen LogP contribution is -2.31. The molecule has 0 atom stereocenters. The third-order valence-corrected chi connectivity index (χ3v) is 7.91. The van der Waals surface area contributed by atoms with Gasteiger partial charge in [0, 0.05) is 24.5 Å². The molecule has 0 spiro atoms. The predicted molar refractivity (Wildman–Crippen MR) is 126 cm³/mol. The van der Waals surface area contributed by atoms with Crippen LogP contribution in [0.25, 0.3) is 0 Å². The molecule has 32 heavy (non-hydrogen) atoms. The lowest BCUT2D eigenvalue weighted by molar-refractivity contribution is -0.124. The van der Waals surface area contributed by atoms with Gasteiger partial charge in [-0.3, -0.25) is 4.79 Å². The summed E-state index contributed by atoms with van der Waals surface area (Å²) in [6, 6.07) is 14.3. The highest BCUT2D eigenvalue weighted by molar-refractivity contribution is 7.99. The van der Waals surface area contributed by atoms with Crippen LogP contribution in [-0.4, -0.2) is 56.6 Å². The minimum Gasteiger partial charge on any atom is -0.452 e. The summed E-state index contributed by atoms with van der Waals surface area (Å²) in [5.41, 5.74) is 0.706. The molecule has 1 amide bonds. The zero-order valence-corrected chi connectivity index (χ0v) is 20.3. The number of carbonyl (C=O) groups is 2. The topological polar surface area (TPSA) is 92.8 Å². The average Bonchev–Trinajstić information content (AvgIpc) is 2.78. The summed E-state index contributed by atoms with van der Waals surface area (Å²) in [6.45, 7) is 5.92. The number of amides is 1. The molecule has 1 N–H and O–H groups in total. The molecule has 7 nitrogen and oxygen atoms in total. The van der Waals surface area contributed by atoms with E-state index in [1.807, 2.05) is 30.3 Å². The van der Waals surface area contributed by atoms with E-state index in [4.69, 9.17) is 4.74 Å². The zero-order valence-electron chi connectivity index (χ0n) is 18.7. The Labute approximate surface area is 194 Å². The summed E-state index contributed by atoms with van der Waals surface area (Å²) in [6.07, 6.45) is 0.781. The fourth-order valence-corrected chi connectivity index (χ4v) is 5.32. The van der Waals surface area contributed by atoms with Gasteiger partial charge in [0.1, 0.15) is 0 Å². The van der Waals surface area contributed by atoms with Crippen molar-refractivity contribution in [1.82, 2.24) is 9.62 Å². The molecular formula is C23H30N2O5S2. The molecule has 9 heteroatoms.